The number of carbonyl (C=O) groups excluding carboxylic acids is 5. The molecule has 0 spiro atoms. The van der Waals surface area contributed by atoms with Gasteiger partial charge in [-0.25, -0.2) is 0 Å². The maximum atomic E-state index is 13.3. The molecule has 0 fully saturated rings. The Bertz CT molecular complexity index is 2300. The summed E-state index contributed by atoms with van der Waals surface area (Å²) in [6.07, 6.45) is 4.96. The first-order valence-electron chi connectivity index (χ1n) is 17.5. The van der Waals surface area contributed by atoms with Crippen molar-refractivity contribution in [3.63, 3.8) is 0 Å². The van der Waals surface area contributed by atoms with E-state index in [9.17, 15) is 24.0 Å². The fourth-order valence-corrected chi connectivity index (χ4v) is 6.30. The Morgan fingerprint density at radius 1 is 0.667 bits per heavy atom. The number of benzene rings is 1. The zero-order chi connectivity index (χ0) is 41.4. The topological polar surface area (TPSA) is 231 Å². The van der Waals surface area contributed by atoms with Crippen molar-refractivity contribution in [2.24, 2.45) is 33.9 Å². The highest BCUT2D eigenvalue weighted by Gasteiger charge is 2.21. The van der Waals surface area contributed by atoms with Gasteiger partial charge in [-0.2, -0.15) is 5.10 Å². The molecular formula is C37H43Cl2N13O5. The van der Waals surface area contributed by atoms with Crippen molar-refractivity contribution >= 4 is 87.1 Å². The van der Waals surface area contributed by atoms with Crippen LogP contribution in [0, 0.1) is 5.41 Å². The molecule has 0 bridgehead atoms. The fourth-order valence-electron chi connectivity index (χ4n) is 5.89. The molecule has 4 heterocycles. The van der Waals surface area contributed by atoms with E-state index in [1.807, 2.05) is 17.0 Å². The maximum absolute atomic E-state index is 13.3. The Balaban J connectivity index is 1.17. The van der Waals surface area contributed by atoms with Gasteiger partial charge in [0.15, 0.2) is 5.82 Å². The highest BCUT2D eigenvalue weighted by Crippen LogP contribution is 2.22. The highest BCUT2D eigenvalue weighted by atomic mass is 35.5. The van der Waals surface area contributed by atoms with Crippen LogP contribution in [0.2, 0.25) is 0 Å². The second kappa shape index (κ2) is 18.4. The largest absolute Gasteiger partial charge is 0.388 e. The summed E-state index contributed by atoms with van der Waals surface area (Å²) in [5.41, 5.74) is 8.64. The minimum absolute atomic E-state index is 0.0544. The quantitative estimate of drug-likeness (QED) is 0.0414. The van der Waals surface area contributed by atoms with Gasteiger partial charge in [0.1, 0.15) is 22.8 Å². The summed E-state index contributed by atoms with van der Waals surface area (Å²) in [6, 6.07) is 13.0. The smallest absolute Gasteiger partial charge is 0.273 e. The summed E-state index contributed by atoms with van der Waals surface area (Å²) in [7, 11) is 6.50. The van der Waals surface area contributed by atoms with Crippen molar-refractivity contribution in [1.82, 2.24) is 28.8 Å². The fraction of sp³-hybridized carbons (Fsp3) is 0.270. The number of aryl methyl sites for hydroxylation is 4. The number of carbonyl (C=O) groups is 5. The molecule has 18 nitrogen and oxygen atoms in total. The number of alkyl halides is 2. The number of hydrogen-bond donors (Lipinski definition) is 7. The number of nitrogens with one attached hydrogen (secondary N) is 6. The summed E-state index contributed by atoms with van der Waals surface area (Å²) in [4.78, 5) is 67.2. The number of nitrogens with two attached hydrogens (primary N) is 1. The van der Waals surface area contributed by atoms with Gasteiger partial charge in [-0.05, 0) is 42.5 Å². The Morgan fingerprint density at radius 3 is 1.58 bits per heavy atom. The molecule has 0 aliphatic heterocycles. The molecule has 0 saturated heterocycles. The maximum Gasteiger partial charge on any atom is 0.273 e. The molecule has 5 rings (SSSR count). The number of rotatable bonds is 17. The van der Waals surface area contributed by atoms with Crippen molar-refractivity contribution in [2.75, 3.05) is 57.6 Å². The van der Waals surface area contributed by atoms with Crippen molar-refractivity contribution in [1.29, 1.82) is 5.41 Å². The third-order valence-electron chi connectivity index (χ3n) is 8.72. The van der Waals surface area contributed by atoms with Crippen LogP contribution in [-0.2, 0) is 28.2 Å². The summed E-state index contributed by atoms with van der Waals surface area (Å²) >= 11 is 11.8. The van der Waals surface area contributed by atoms with Crippen LogP contribution in [0.1, 0.15) is 58.7 Å². The van der Waals surface area contributed by atoms with Crippen LogP contribution in [0.15, 0.2) is 67.1 Å². The van der Waals surface area contributed by atoms with Gasteiger partial charge in [-0.3, -0.25) is 34.1 Å². The van der Waals surface area contributed by atoms with Crippen molar-refractivity contribution in [3.05, 3.63) is 95.5 Å². The lowest BCUT2D eigenvalue weighted by molar-refractivity contribution is 0.0942. The molecule has 5 amide bonds. The van der Waals surface area contributed by atoms with E-state index in [1.165, 1.54) is 27.4 Å². The Hall–Kier alpha value is -6.53. The van der Waals surface area contributed by atoms with Gasteiger partial charge in [0.2, 0.25) is 0 Å². The van der Waals surface area contributed by atoms with E-state index in [0.29, 0.717) is 47.5 Å². The predicted molar refractivity (Wildman–Crippen MR) is 220 cm³/mol. The zero-order valence-electron chi connectivity index (χ0n) is 31.7. The number of halogens is 2. The standard InChI is InChI=1S/C37H43Cl2N13O5/c1-48-19-23(43-33(53)22-5-7-26(8-6-22)52(13-10-38)14-11-39)15-27(48)35(55)44-24-16-28(49(2)20-24)36(56)45-25-17-29(50(3)21-25)37(57)46-32-18-30(51(4)47-32)34(54)42-12-9-31(40)41/h5-8,15-21H,9-14H2,1-4H3,(H3,40,41)(H,42,54)(H,43,53)(H,44,55)(H,45,56)(H,46,47,57). The molecular weight excluding hydrogens is 777 g/mol. The van der Waals surface area contributed by atoms with Gasteiger partial charge in [0, 0.05) is 102 Å². The number of aromatic nitrogens is 5. The second-order valence-corrected chi connectivity index (χ2v) is 13.7. The molecule has 0 saturated carbocycles. The first-order chi connectivity index (χ1) is 27.2. The van der Waals surface area contributed by atoms with Crippen LogP contribution < -0.4 is 37.2 Å². The molecule has 0 unspecified atom stereocenters. The average molecular weight is 821 g/mol. The SMILES string of the molecule is Cn1cc(NC(=O)c2ccc(N(CCCl)CCCl)cc2)cc1C(=O)Nc1cc(C(=O)Nc2cc(C(=O)Nc3cc(C(=O)NCCC(=N)N)n(C)n3)n(C)c2)n(C)c1. The Kier molecular flexibility index (Phi) is 13.4. The molecule has 300 valence electrons. The first kappa shape index (κ1) is 41.6. The number of nitrogens with zero attached hydrogens (tertiary/aromatic N) is 6. The lowest BCUT2D eigenvalue weighted by atomic mass is 10.1. The third kappa shape index (κ3) is 10.4. The Labute approximate surface area is 337 Å². The van der Waals surface area contributed by atoms with E-state index in [1.54, 1.807) is 74.1 Å². The van der Waals surface area contributed by atoms with Crippen molar-refractivity contribution in [3.8, 4) is 0 Å². The van der Waals surface area contributed by atoms with E-state index < -0.39 is 23.6 Å². The minimum Gasteiger partial charge on any atom is -0.388 e. The van der Waals surface area contributed by atoms with Crippen LogP contribution >= 0.6 is 23.2 Å². The highest BCUT2D eigenvalue weighted by molar-refractivity contribution is 6.18. The van der Waals surface area contributed by atoms with E-state index >= 15 is 0 Å². The van der Waals surface area contributed by atoms with Gasteiger partial charge < -0.3 is 50.9 Å². The molecule has 20 heteroatoms. The van der Waals surface area contributed by atoms with Crippen LogP contribution in [0.25, 0.3) is 0 Å². The number of amides is 5. The predicted octanol–water partition coefficient (Wildman–Crippen LogP) is 3.78. The molecule has 0 atom stereocenters. The third-order valence-corrected chi connectivity index (χ3v) is 9.06. The minimum atomic E-state index is -0.533. The Morgan fingerprint density at radius 2 is 1.12 bits per heavy atom. The summed E-state index contributed by atoms with van der Waals surface area (Å²) in [6.45, 7) is 1.42. The van der Waals surface area contributed by atoms with Crippen molar-refractivity contribution < 1.29 is 24.0 Å². The van der Waals surface area contributed by atoms with Crippen LogP contribution in [0.3, 0.4) is 0 Å². The molecule has 5 aromatic rings. The number of anilines is 5. The monoisotopic (exact) mass is 819 g/mol. The zero-order valence-corrected chi connectivity index (χ0v) is 33.2. The normalized spacial score (nSPS) is 10.8. The van der Waals surface area contributed by atoms with E-state index in [0.717, 1.165) is 5.69 Å². The lowest BCUT2D eigenvalue weighted by Gasteiger charge is -2.22. The number of hydrogen-bond acceptors (Lipinski definition) is 8. The van der Waals surface area contributed by atoms with Gasteiger partial charge in [-0.15, -0.1) is 23.2 Å². The van der Waals surface area contributed by atoms with Gasteiger partial charge in [0.05, 0.1) is 22.9 Å². The second-order valence-electron chi connectivity index (χ2n) is 13.0. The van der Waals surface area contributed by atoms with E-state index in [2.05, 4.69) is 31.7 Å². The summed E-state index contributed by atoms with van der Waals surface area (Å²) in [5, 5.41) is 25.1. The van der Waals surface area contributed by atoms with E-state index in [4.69, 9.17) is 34.3 Å². The van der Waals surface area contributed by atoms with Crippen molar-refractivity contribution in [2.45, 2.75) is 6.42 Å². The molecule has 0 aliphatic rings. The number of amidine groups is 1. The van der Waals surface area contributed by atoms with Crippen LogP contribution in [-0.4, -0.2) is 90.2 Å². The first-order valence-corrected chi connectivity index (χ1v) is 18.6. The lowest BCUT2D eigenvalue weighted by Crippen LogP contribution is -2.29. The molecule has 0 aliphatic carbocycles. The van der Waals surface area contributed by atoms with Gasteiger partial charge in [-0.1, -0.05) is 0 Å². The average Bonchev–Trinajstić information content (AvgIpc) is 3.92. The molecule has 0 radical (unpaired) electrons. The van der Waals surface area contributed by atoms with Gasteiger partial charge >= 0.3 is 0 Å². The van der Waals surface area contributed by atoms with Crippen LogP contribution in [0.4, 0.5) is 28.6 Å². The summed E-state index contributed by atoms with van der Waals surface area (Å²) < 4.78 is 5.95. The van der Waals surface area contributed by atoms with Crippen LogP contribution in [0.5, 0.6) is 0 Å². The molecule has 8 N–H and O–H groups in total. The van der Waals surface area contributed by atoms with E-state index in [-0.39, 0.29) is 53.3 Å². The molecule has 57 heavy (non-hydrogen) atoms. The summed E-state index contributed by atoms with van der Waals surface area (Å²) in [5.74, 6) is -1.33. The van der Waals surface area contributed by atoms with Gasteiger partial charge in [0.25, 0.3) is 29.5 Å². The molecule has 4 aromatic heterocycles. The molecule has 1 aromatic carbocycles.